The number of aliphatic hydroxyl groups excluding tert-OH is 1. The summed E-state index contributed by atoms with van der Waals surface area (Å²) >= 11 is 1.24. The van der Waals surface area contributed by atoms with Crippen LogP contribution in [0.4, 0.5) is 0 Å². The Kier molecular flexibility index (Phi) is 3.48. The summed E-state index contributed by atoms with van der Waals surface area (Å²) in [6, 6.07) is 2.43. The summed E-state index contributed by atoms with van der Waals surface area (Å²) in [5, 5.41) is 20.8. The molecule has 0 aliphatic carbocycles. The van der Waals surface area contributed by atoms with Crippen LogP contribution in [0.1, 0.15) is 16.9 Å². The summed E-state index contributed by atoms with van der Waals surface area (Å²) in [7, 11) is 0. The lowest BCUT2D eigenvalue weighted by molar-refractivity contribution is -0.141. The molecule has 2 aromatic rings. The van der Waals surface area contributed by atoms with E-state index in [-0.39, 0.29) is 18.7 Å². The van der Waals surface area contributed by atoms with Crippen LogP contribution in [0.3, 0.4) is 0 Å². The van der Waals surface area contributed by atoms with E-state index in [2.05, 4.69) is 4.98 Å². The Morgan fingerprint density at radius 1 is 1.48 bits per heavy atom. The van der Waals surface area contributed by atoms with Crippen LogP contribution in [0.5, 0.6) is 0 Å². The molecule has 2 aromatic heterocycles. The molecule has 110 valence electrons. The highest BCUT2D eigenvalue weighted by Gasteiger charge is 2.39. The van der Waals surface area contributed by atoms with Gasteiger partial charge in [-0.25, -0.2) is 9.78 Å². The van der Waals surface area contributed by atoms with E-state index in [0.717, 1.165) is 4.90 Å². The van der Waals surface area contributed by atoms with Gasteiger partial charge in [-0.3, -0.25) is 4.79 Å². The molecule has 1 aliphatic heterocycles. The maximum Gasteiger partial charge on any atom is 0.326 e. The Morgan fingerprint density at radius 2 is 2.29 bits per heavy atom. The van der Waals surface area contributed by atoms with Gasteiger partial charge >= 0.3 is 5.97 Å². The normalized spacial score (nSPS) is 21.7. The zero-order valence-electron chi connectivity index (χ0n) is 10.8. The van der Waals surface area contributed by atoms with Crippen molar-refractivity contribution in [2.45, 2.75) is 18.6 Å². The zero-order valence-corrected chi connectivity index (χ0v) is 11.6. The first kappa shape index (κ1) is 13.8. The van der Waals surface area contributed by atoms with Gasteiger partial charge in [0.05, 0.1) is 12.4 Å². The molecule has 7 nitrogen and oxygen atoms in total. The molecule has 0 aromatic carbocycles. The lowest BCUT2D eigenvalue weighted by Crippen LogP contribution is -2.40. The van der Waals surface area contributed by atoms with Gasteiger partial charge in [0.15, 0.2) is 10.8 Å². The third-order valence-corrected chi connectivity index (χ3v) is 4.14. The molecule has 1 saturated heterocycles. The number of carboxylic acid groups (broad SMARTS) is 1. The molecule has 0 unspecified atom stereocenters. The Morgan fingerprint density at radius 3 is 2.95 bits per heavy atom. The number of nitrogens with zero attached hydrogens (tertiary/aromatic N) is 2. The van der Waals surface area contributed by atoms with Gasteiger partial charge in [0.1, 0.15) is 11.7 Å². The topological polar surface area (TPSA) is 104 Å². The molecule has 1 amide bonds. The van der Waals surface area contributed by atoms with E-state index in [0.29, 0.717) is 10.8 Å². The molecule has 0 spiro atoms. The lowest BCUT2D eigenvalue weighted by Gasteiger charge is -2.19. The van der Waals surface area contributed by atoms with E-state index in [9.17, 15) is 14.7 Å². The zero-order chi connectivity index (χ0) is 15.0. The standard InChI is InChI=1S/C13H12N2O5S/c16-7-4-9(13(18)19)15(5-7)12(17)8-6-21-11(14-8)10-2-1-3-20-10/h1-3,6-7,9,16H,4-5H2,(H,18,19)/t7-,9+/m1/s1. The predicted molar refractivity (Wildman–Crippen MR) is 72.9 cm³/mol. The molecule has 2 N–H and O–H groups in total. The van der Waals surface area contributed by atoms with Gasteiger partial charge in [0.2, 0.25) is 0 Å². The van der Waals surface area contributed by atoms with Crippen molar-refractivity contribution in [3.63, 3.8) is 0 Å². The molecule has 2 atom stereocenters. The van der Waals surface area contributed by atoms with Gasteiger partial charge in [-0.15, -0.1) is 11.3 Å². The second-order valence-corrected chi connectivity index (χ2v) is 5.57. The van der Waals surface area contributed by atoms with Crippen molar-refractivity contribution in [2.24, 2.45) is 0 Å². The van der Waals surface area contributed by atoms with Crippen LogP contribution in [0.25, 0.3) is 10.8 Å². The largest absolute Gasteiger partial charge is 0.480 e. The van der Waals surface area contributed by atoms with Gasteiger partial charge in [-0.1, -0.05) is 0 Å². The van der Waals surface area contributed by atoms with Crippen molar-refractivity contribution in [3.8, 4) is 10.8 Å². The molecular weight excluding hydrogens is 296 g/mol. The number of hydrogen-bond donors (Lipinski definition) is 2. The highest BCUT2D eigenvalue weighted by atomic mass is 32.1. The van der Waals surface area contributed by atoms with E-state index in [1.807, 2.05) is 0 Å². The molecule has 3 heterocycles. The van der Waals surface area contributed by atoms with Crippen molar-refractivity contribution < 1.29 is 24.2 Å². The average molecular weight is 308 g/mol. The Labute approximate surface area is 123 Å². The Balaban J connectivity index is 1.83. The molecule has 0 radical (unpaired) electrons. The van der Waals surface area contributed by atoms with Gasteiger partial charge in [0.25, 0.3) is 5.91 Å². The molecule has 1 aliphatic rings. The monoisotopic (exact) mass is 308 g/mol. The number of rotatable bonds is 3. The van der Waals surface area contributed by atoms with Crippen molar-refractivity contribution in [2.75, 3.05) is 6.54 Å². The number of hydrogen-bond acceptors (Lipinski definition) is 6. The molecule has 8 heteroatoms. The van der Waals surface area contributed by atoms with Gasteiger partial charge < -0.3 is 19.5 Å². The SMILES string of the molecule is O=C(O)[C@@H]1C[C@@H](O)CN1C(=O)c1csc(-c2ccco2)n1. The number of carbonyl (C=O) groups is 2. The fraction of sp³-hybridized carbons (Fsp3) is 0.308. The van der Waals surface area contributed by atoms with Crippen molar-refractivity contribution in [3.05, 3.63) is 29.5 Å². The number of β-amino-alcohol motifs (C(OH)–C–C–N with tert-alkyl or cyclic N) is 1. The van der Waals surface area contributed by atoms with E-state index in [4.69, 9.17) is 9.52 Å². The highest BCUT2D eigenvalue weighted by molar-refractivity contribution is 7.13. The minimum Gasteiger partial charge on any atom is -0.480 e. The number of likely N-dealkylation sites (tertiary alicyclic amines) is 1. The quantitative estimate of drug-likeness (QED) is 0.878. The van der Waals surface area contributed by atoms with Gasteiger partial charge in [-0.05, 0) is 12.1 Å². The minimum absolute atomic E-state index is 0.00338. The Bertz CT molecular complexity index is 666. The molecule has 1 fully saturated rings. The van der Waals surface area contributed by atoms with E-state index in [1.165, 1.54) is 17.6 Å². The number of aliphatic hydroxyl groups is 1. The summed E-state index contributed by atoms with van der Waals surface area (Å²) < 4.78 is 5.20. The van der Waals surface area contributed by atoms with E-state index in [1.54, 1.807) is 17.5 Å². The smallest absolute Gasteiger partial charge is 0.326 e. The summed E-state index contributed by atoms with van der Waals surface area (Å²) in [5.74, 6) is -1.07. The average Bonchev–Trinajstić information content (AvgIpc) is 3.17. The summed E-state index contributed by atoms with van der Waals surface area (Å²) in [6.07, 6.45) is 0.726. The van der Waals surface area contributed by atoms with Crippen LogP contribution in [0.15, 0.2) is 28.2 Å². The van der Waals surface area contributed by atoms with Crippen LogP contribution >= 0.6 is 11.3 Å². The fourth-order valence-corrected chi connectivity index (χ4v) is 3.07. The number of carboxylic acids is 1. The highest BCUT2D eigenvalue weighted by Crippen LogP contribution is 2.26. The van der Waals surface area contributed by atoms with Crippen LogP contribution < -0.4 is 0 Å². The second-order valence-electron chi connectivity index (χ2n) is 4.72. The van der Waals surface area contributed by atoms with Crippen molar-refractivity contribution in [1.82, 2.24) is 9.88 Å². The molecule has 3 rings (SSSR count). The van der Waals surface area contributed by atoms with Crippen molar-refractivity contribution >= 4 is 23.2 Å². The Hall–Kier alpha value is -2.19. The first-order valence-electron chi connectivity index (χ1n) is 6.27. The summed E-state index contributed by atoms with van der Waals surface area (Å²) in [6.45, 7) is 0.00338. The van der Waals surface area contributed by atoms with Gasteiger partial charge in [0, 0.05) is 18.3 Å². The van der Waals surface area contributed by atoms with E-state index >= 15 is 0 Å². The third-order valence-electron chi connectivity index (χ3n) is 3.28. The maximum absolute atomic E-state index is 12.4. The van der Waals surface area contributed by atoms with Crippen LogP contribution in [0, 0.1) is 0 Å². The number of carbonyl (C=O) groups excluding carboxylic acids is 1. The molecular formula is C13H12N2O5S. The number of aliphatic carboxylic acids is 1. The van der Waals surface area contributed by atoms with E-state index < -0.39 is 24.0 Å². The summed E-state index contributed by atoms with van der Waals surface area (Å²) in [5.41, 5.74) is 0.159. The molecule has 0 bridgehead atoms. The lowest BCUT2D eigenvalue weighted by atomic mass is 10.2. The number of amides is 1. The van der Waals surface area contributed by atoms with Crippen LogP contribution in [0.2, 0.25) is 0 Å². The predicted octanol–water partition coefficient (Wildman–Crippen LogP) is 1.06. The van der Waals surface area contributed by atoms with Crippen molar-refractivity contribution in [1.29, 1.82) is 0 Å². The fourth-order valence-electron chi connectivity index (χ4n) is 2.30. The minimum atomic E-state index is -1.12. The maximum atomic E-state index is 12.4. The first-order valence-corrected chi connectivity index (χ1v) is 7.15. The molecule has 21 heavy (non-hydrogen) atoms. The summed E-state index contributed by atoms with van der Waals surface area (Å²) in [4.78, 5) is 28.8. The molecule has 0 saturated carbocycles. The first-order chi connectivity index (χ1) is 10.1. The second kappa shape index (κ2) is 5.30. The number of thiazole rings is 1. The van der Waals surface area contributed by atoms with Crippen LogP contribution in [-0.2, 0) is 4.79 Å². The van der Waals surface area contributed by atoms with Crippen LogP contribution in [-0.4, -0.2) is 50.7 Å². The van der Waals surface area contributed by atoms with Gasteiger partial charge in [-0.2, -0.15) is 0 Å². The number of aromatic nitrogens is 1. The third kappa shape index (κ3) is 2.55. The number of furan rings is 1.